The number of urea groups is 1. The van der Waals surface area contributed by atoms with Crippen LogP contribution in [0.25, 0.3) is 0 Å². The lowest BCUT2D eigenvalue weighted by Crippen LogP contribution is -2.49. The van der Waals surface area contributed by atoms with E-state index < -0.39 is 0 Å². The lowest BCUT2D eigenvalue weighted by Gasteiger charge is -2.32. The first-order valence-electron chi connectivity index (χ1n) is 8.62. The second-order valence-electron chi connectivity index (χ2n) is 6.41. The van der Waals surface area contributed by atoms with Crippen molar-refractivity contribution in [3.63, 3.8) is 0 Å². The van der Waals surface area contributed by atoms with E-state index in [9.17, 15) is 9.59 Å². The Kier molecular flexibility index (Phi) is 6.46. The molecule has 0 unspecified atom stereocenters. The number of carbonyl (C=O) groups excluding carboxylic acids is 2. The van der Waals surface area contributed by atoms with Crippen LogP contribution in [0.2, 0.25) is 0 Å². The third-order valence-corrected chi connectivity index (χ3v) is 4.27. The molecule has 6 nitrogen and oxygen atoms in total. The minimum Gasteiger partial charge on any atom is -0.378 e. The molecule has 0 aliphatic carbocycles. The van der Waals surface area contributed by atoms with Crippen molar-refractivity contribution < 1.29 is 9.59 Å². The molecule has 0 atom stereocenters. The smallest absolute Gasteiger partial charge is 0.317 e. The zero-order valence-corrected chi connectivity index (χ0v) is 14.8. The summed E-state index contributed by atoms with van der Waals surface area (Å²) in [5, 5.41) is 5.98. The first-order valence-corrected chi connectivity index (χ1v) is 8.62. The molecule has 0 bridgehead atoms. The van der Waals surface area contributed by atoms with Gasteiger partial charge < -0.3 is 20.4 Å². The number of anilines is 1. The summed E-state index contributed by atoms with van der Waals surface area (Å²) in [6.07, 6.45) is 2.52. The number of piperidine rings is 1. The number of rotatable bonds is 5. The van der Waals surface area contributed by atoms with Gasteiger partial charge >= 0.3 is 6.03 Å². The number of hydrogen-bond donors (Lipinski definition) is 2. The quantitative estimate of drug-likeness (QED) is 0.867. The van der Waals surface area contributed by atoms with Gasteiger partial charge in [-0.05, 0) is 37.5 Å². The Morgan fingerprint density at radius 2 is 1.96 bits per heavy atom. The Morgan fingerprint density at radius 3 is 2.58 bits per heavy atom. The topological polar surface area (TPSA) is 64.7 Å². The van der Waals surface area contributed by atoms with E-state index in [0.717, 1.165) is 24.9 Å². The largest absolute Gasteiger partial charge is 0.378 e. The Morgan fingerprint density at radius 1 is 1.25 bits per heavy atom. The Bertz CT molecular complexity index is 566. The zero-order chi connectivity index (χ0) is 17.5. The van der Waals surface area contributed by atoms with Crippen LogP contribution in [0.15, 0.2) is 24.3 Å². The first kappa shape index (κ1) is 18.1. The average molecular weight is 332 g/mol. The van der Waals surface area contributed by atoms with Crippen molar-refractivity contribution in [1.29, 1.82) is 0 Å². The summed E-state index contributed by atoms with van der Waals surface area (Å²) in [7, 11) is 3.91. The highest BCUT2D eigenvalue weighted by molar-refractivity contribution is 5.95. The van der Waals surface area contributed by atoms with Gasteiger partial charge in [0.1, 0.15) is 0 Å². The van der Waals surface area contributed by atoms with E-state index in [2.05, 4.69) is 10.6 Å². The monoisotopic (exact) mass is 332 g/mol. The van der Waals surface area contributed by atoms with Crippen LogP contribution in [0, 0.1) is 0 Å². The average Bonchev–Trinajstić information content (AvgIpc) is 2.60. The summed E-state index contributed by atoms with van der Waals surface area (Å²) in [6.45, 7) is 4.10. The molecule has 1 saturated heterocycles. The lowest BCUT2D eigenvalue weighted by atomic mass is 10.0. The van der Waals surface area contributed by atoms with E-state index >= 15 is 0 Å². The summed E-state index contributed by atoms with van der Waals surface area (Å²) in [4.78, 5) is 28.2. The Balaban J connectivity index is 1.84. The molecule has 0 aromatic heterocycles. The minimum absolute atomic E-state index is 0.000288. The second kappa shape index (κ2) is 8.57. The van der Waals surface area contributed by atoms with Crippen molar-refractivity contribution in [1.82, 2.24) is 15.5 Å². The van der Waals surface area contributed by atoms with Crippen LogP contribution in [-0.4, -0.2) is 56.6 Å². The number of carbonyl (C=O) groups is 2. The van der Waals surface area contributed by atoms with E-state index in [-0.39, 0.29) is 18.0 Å². The molecular weight excluding hydrogens is 304 g/mol. The molecule has 2 rings (SSSR count). The van der Waals surface area contributed by atoms with E-state index in [0.29, 0.717) is 25.2 Å². The second-order valence-corrected chi connectivity index (χ2v) is 6.41. The highest BCUT2D eigenvalue weighted by Crippen LogP contribution is 2.15. The lowest BCUT2D eigenvalue weighted by molar-refractivity contribution is 0.0918. The van der Waals surface area contributed by atoms with Gasteiger partial charge in [0.05, 0.1) is 0 Å². The molecule has 1 aromatic rings. The van der Waals surface area contributed by atoms with Gasteiger partial charge in [-0.1, -0.05) is 13.0 Å². The molecular formula is C18H28N4O2. The van der Waals surface area contributed by atoms with Gasteiger partial charge in [-0.25, -0.2) is 4.79 Å². The van der Waals surface area contributed by atoms with Crippen molar-refractivity contribution in [2.24, 2.45) is 0 Å². The fourth-order valence-electron chi connectivity index (χ4n) is 2.76. The number of nitrogens with zero attached hydrogens (tertiary/aromatic N) is 2. The van der Waals surface area contributed by atoms with Crippen LogP contribution >= 0.6 is 0 Å². The number of nitrogens with one attached hydrogen (secondary N) is 2. The number of hydrogen-bond acceptors (Lipinski definition) is 3. The van der Waals surface area contributed by atoms with Crippen LogP contribution in [0.3, 0.4) is 0 Å². The van der Waals surface area contributed by atoms with Gasteiger partial charge in [0.25, 0.3) is 5.91 Å². The van der Waals surface area contributed by atoms with Crippen molar-refractivity contribution in [3.8, 4) is 0 Å². The zero-order valence-electron chi connectivity index (χ0n) is 14.8. The maximum Gasteiger partial charge on any atom is 0.317 e. The minimum atomic E-state index is -0.0485. The normalized spacial score (nSPS) is 15.0. The van der Waals surface area contributed by atoms with Gasteiger partial charge in [-0.3, -0.25) is 4.79 Å². The number of amides is 3. The molecule has 1 aromatic carbocycles. The van der Waals surface area contributed by atoms with Crippen LogP contribution in [0.5, 0.6) is 0 Å². The van der Waals surface area contributed by atoms with Gasteiger partial charge in [0.15, 0.2) is 0 Å². The van der Waals surface area contributed by atoms with Gasteiger partial charge in [-0.2, -0.15) is 0 Å². The summed E-state index contributed by atoms with van der Waals surface area (Å²) in [5.41, 5.74) is 1.68. The number of benzene rings is 1. The van der Waals surface area contributed by atoms with Gasteiger partial charge in [0.2, 0.25) is 0 Å². The Hall–Kier alpha value is -2.24. The summed E-state index contributed by atoms with van der Waals surface area (Å²) >= 11 is 0. The molecule has 24 heavy (non-hydrogen) atoms. The van der Waals surface area contributed by atoms with Gasteiger partial charge in [0, 0.05) is 51.0 Å². The molecule has 0 saturated carbocycles. The third-order valence-electron chi connectivity index (χ3n) is 4.27. The standard InChI is InChI=1S/C18H28N4O2/c1-4-10-19-18(24)22-11-8-15(9-12-22)20-17(23)14-6-5-7-16(13-14)21(2)3/h5-7,13,15H,4,8-12H2,1-3H3,(H,19,24)(H,20,23). The van der Waals surface area contributed by atoms with Crippen molar-refractivity contribution in [2.75, 3.05) is 38.6 Å². The van der Waals surface area contributed by atoms with E-state index in [1.165, 1.54) is 0 Å². The van der Waals surface area contributed by atoms with Crippen LogP contribution in [0.4, 0.5) is 10.5 Å². The predicted molar refractivity (Wildman–Crippen MR) is 96.5 cm³/mol. The Labute approximate surface area is 144 Å². The van der Waals surface area contributed by atoms with Crippen molar-refractivity contribution in [2.45, 2.75) is 32.2 Å². The molecule has 3 amide bonds. The first-order chi connectivity index (χ1) is 11.5. The summed E-state index contributed by atoms with van der Waals surface area (Å²) in [6, 6.07) is 7.71. The molecule has 6 heteroatoms. The maximum absolute atomic E-state index is 12.4. The van der Waals surface area contributed by atoms with Crippen LogP contribution in [0.1, 0.15) is 36.5 Å². The molecule has 1 aliphatic rings. The molecule has 1 heterocycles. The highest BCUT2D eigenvalue weighted by atomic mass is 16.2. The molecule has 1 fully saturated rings. The number of likely N-dealkylation sites (tertiary alicyclic amines) is 1. The summed E-state index contributed by atoms with van der Waals surface area (Å²) in [5.74, 6) is -0.0485. The molecule has 1 aliphatic heterocycles. The van der Waals surface area contributed by atoms with Crippen molar-refractivity contribution in [3.05, 3.63) is 29.8 Å². The van der Waals surface area contributed by atoms with Crippen LogP contribution < -0.4 is 15.5 Å². The molecule has 132 valence electrons. The van der Waals surface area contributed by atoms with Gasteiger partial charge in [-0.15, -0.1) is 0 Å². The van der Waals surface area contributed by atoms with Crippen molar-refractivity contribution >= 4 is 17.6 Å². The summed E-state index contributed by atoms with van der Waals surface area (Å²) < 4.78 is 0. The molecule has 2 N–H and O–H groups in total. The fourth-order valence-corrected chi connectivity index (χ4v) is 2.76. The van der Waals surface area contributed by atoms with E-state index in [1.807, 2.05) is 55.1 Å². The van der Waals surface area contributed by atoms with E-state index in [4.69, 9.17) is 0 Å². The fraction of sp³-hybridized carbons (Fsp3) is 0.556. The SMILES string of the molecule is CCCNC(=O)N1CCC(NC(=O)c2cccc(N(C)C)c2)CC1. The highest BCUT2D eigenvalue weighted by Gasteiger charge is 2.23. The van der Waals surface area contributed by atoms with E-state index in [1.54, 1.807) is 0 Å². The third kappa shape index (κ3) is 4.88. The maximum atomic E-state index is 12.4. The predicted octanol–water partition coefficient (Wildman–Crippen LogP) is 2.07. The van der Waals surface area contributed by atoms with Crippen LogP contribution in [-0.2, 0) is 0 Å². The molecule has 0 radical (unpaired) electrons. The molecule has 0 spiro atoms.